The molecule has 0 radical (unpaired) electrons. The summed E-state index contributed by atoms with van der Waals surface area (Å²) in [6.07, 6.45) is 17.2. The van der Waals surface area contributed by atoms with Crippen LogP contribution in [0.5, 0.6) is 0 Å². The minimum absolute atomic E-state index is 0.604. The number of allylic oxidation sites excluding steroid dienone is 6. The van der Waals surface area contributed by atoms with Gasteiger partial charge in [0.2, 0.25) is 0 Å². The topological polar surface area (TPSA) is 43.1 Å². The Balaban J connectivity index is 0. The number of carbonyl (C=O) groups is 1. The summed E-state index contributed by atoms with van der Waals surface area (Å²) in [6, 6.07) is 2.38. The van der Waals surface area contributed by atoms with E-state index in [4.69, 9.17) is 4.79 Å². The minimum Gasteiger partial charge on any atom is -0.333 e. The maximum absolute atomic E-state index is 12.1. The van der Waals surface area contributed by atoms with Crippen molar-refractivity contribution in [3.8, 4) is 0 Å². The van der Waals surface area contributed by atoms with Gasteiger partial charge in [-0.05, 0) is 134 Å². The molecule has 0 bridgehead atoms. The van der Waals surface area contributed by atoms with Gasteiger partial charge in [-0.25, -0.2) is 4.39 Å². The standard InChI is InChI=1S/C19H24.C9H14.C5H11F.C2H4O.CH5N/c1-5-15-11-17-8-12(2)9-18(17)14(4)19(15)10-13(3)16-6-7-16;1-5-9(4)7-6-8(2)3;1-4-5(2,3)6;1-2-3;1-2/h5,10-12,16H,1,6-9H2,2-4H3;5-7H,2H2,1,3-4H3;4H2,1-3H3;2H,1H3;2H2,1H3/b13-10+;7-6-,9-5-;;;. The second-order valence-corrected chi connectivity index (χ2v) is 11.0. The monoisotopic (exact) mass is 539 g/mol. The summed E-state index contributed by atoms with van der Waals surface area (Å²) in [5.74, 6) is 1.65. The van der Waals surface area contributed by atoms with Crippen LogP contribution in [0.1, 0.15) is 109 Å². The van der Waals surface area contributed by atoms with Crippen molar-refractivity contribution >= 4 is 18.4 Å². The average Bonchev–Trinajstić information content (AvgIpc) is 3.67. The zero-order chi connectivity index (χ0) is 30.8. The maximum atomic E-state index is 12.1. The highest BCUT2D eigenvalue weighted by Crippen LogP contribution is 2.39. The lowest BCUT2D eigenvalue weighted by molar-refractivity contribution is -0.106. The van der Waals surface area contributed by atoms with Crippen LogP contribution in [0.2, 0.25) is 0 Å². The predicted octanol–water partition coefficient (Wildman–Crippen LogP) is 10.2. The maximum Gasteiger partial charge on any atom is 0.116 e. The van der Waals surface area contributed by atoms with Crippen LogP contribution in [0.15, 0.2) is 54.2 Å². The van der Waals surface area contributed by atoms with Gasteiger partial charge in [0.05, 0.1) is 0 Å². The summed E-state index contributed by atoms with van der Waals surface area (Å²) in [5, 5.41) is 0. The minimum atomic E-state index is -0.958. The van der Waals surface area contributed by atoms with E-state index in [2.05, 4.69) is 70.9 Å². The second-order valence-electron chi connectivity index (χ2n) is 11.0. The highest BCUT2D eigenvalue weighted by atomic mass is 19.1. The fraction of sp³-hybridized carbons (Fsp3) is 0.528. The molecule has 2 aliphatic carbocycles. The third-order valence-electron chi connectivity index (χ3n) is 6.75. The van der Waals surface area contributed by atoms with Crippen molar-refractivity contribution in [3.63, 3.8) is 0 Å². The summed E-state index contributed by atoms with van der Waals surface area (Å²) < 4.78 is 12.1. The number of fused-ring (bicyclic) bond motifs is 1. The molecule has 1 fully saturated rings. The lowest BCUT2D eigenvalue weighted by Gasteiger charge is -2.13. The molecule has 2 nitrogen and oxygen atoms in total. The summed E-state index contributed by atoms with van der Waals surface area (Å²) in [7, 11) is 1.50. The normalized spacial score (nSPS) is 16.2. The average molecular weight is 540 g/mol. The molecule has 0 aromatic heterocycles. The van der Waals surface area contributed by atoms with E-state index in [0.717, 1.165) is 23.7 Å². The Morgan fingerprint density at radius 1 is 1.13 bits per heavy atom. The molecule has 0 saturated heterocycles. The molecule has 1 saturated carbocycles. The van der Waals surface area contributed by atoms with Crippen molar-refractivity contribution in [1.82, 2.24) is 0 Å². The van der Waals surface area contributed by atoms with Crippen LogP contribution in [0.4, 0.5) is 4.39 Å². The highest BCUT2D eigenvalue weighted by molar-refractivity contribution is 5.71. The molecule has 3 heteroatoms. The molecule has 0 heterocycles. The van der Waals surface area contributed by atoms with Crippen LogP contribution in [-0.2, 0) is 17.6 Å². The molecule has 1 aromatic carbocycles. The molecule has 1 aromatic rings. The zero-order valence-corrected chi connectivity index (χ0v) is 27.0. The van der Waals surface area contributed by atoms with Crippen LogP contribution in [0.25, 0.3) is 12.2 Å². The number of benzene rings is 1. The van der Waals surface area contributed by atoms with Crippen molar-refractivity contribution < 1.29 is 9.18 Å². The summed E-state index contributed by atoms with van der Waals surface area (Å²) in [4.78, 5) is 8.81. The number of hydrogen-bond donors (Lipinski definition) is 1. The second kappa shape index (κ2) is 20.4. The molecule has 1 unspecified atom stereocenters. The Morgan fingerprint density at radius 3 is 2.03 bits per heavy atom. The zero-order valence-electron chi connectivity index (χ0n) is 27.0. The lowest BCUT2D eigenvalue weighted by Crippen LogP contribution is -2.07. The third kappa shape index (κ3) is 16.9. The number of rotatable bonds is 6. The van der Waals surface area contributed by atoms with Crippen LogP contribution < -0.4 is 5.73 Å². The number of hydrogen-bond acceptors (Lipinski definition) is 2. The van der Waals surface area contributed by atoms with Gasteiger partial charge in [0, 0.05) is 0 Å². The number of halogens is 1. The van der Waals surface area contributed by atoms with Crippen LogP contribution in [-0.4, -0.2) is 19.0 Å². The number of alkyl halides is 1. The van der Waals surface area contributed by atoms with Crippen LogP contribution >= 0.6 is 0 Å². The first-order chi connectivity index (χ1) is 18.2. The van der Waals surface area contributed by atoms with E-state index < -0.39 is 5.67 Å². The highest BCUT2D eigenvalue weighted by Gasteiger charge is 2.25. The SMILES string of the molecule is C=C(C)/C=C\C(C)=C/C.C=Cc1cc2c(c(C)c1/C=C(\C)C1CC1)CC(C)C2.CC=O.CCC(C)(C)F.CN. The van der Waals surface area contributed by atoms with Crippen LogP contribution in [0, 0.1) is 18.8 Å². The Hall–Kier alpha value is -2.52. The molecule has 2 N–H and O–H groups in total. The Kier molecular flexibility index (Phi) is 20.2. The van der Waals surface area contributed by atoms with Gasteiger partial charge in [0.1, 0.15) is 12.0 Å². The Morgan fingerprint density at radius 2 is 1.64 bits per heavy atom. The third-order valence-corrected chi connectivity index (χ3v) is 6.75. The smallest absolute Gasteiger partial charge is 0.116 e. The van der Waals surface area contributed by atoms with Crippen molar-refractivity contribution in [2.24, 2.45) is 17.6 Å². The number of nitrogens with two attached hydrogens (primary N) is 1. The van der Waals surface area contributed by atoms with Crippen molar-refractivity contribution in [3.05, 3.63) is 82.0 Å². The van der Waals surface area contributed by atoms with E-state index in [1.54, 1.807) is 30.5 Å². The predicted molar refractivity (Wildman–Crippen MR) is 175 cm³/mol. The molecule has 39 heavy (non-hydrogen) atoms. The fourth-order valence-corrected chi connectivity index (χ4v) is 3.85. The van der Waals surface area contributed by atoms with E-state index >= 15 is 0 Å². The van der Waals surface area contributed by atoms with Gasteiger partial charge in [0.15, 0.2) is 0 Å². The first-order valence-electron chi connectivity index (χ1n) is 14.3. The lowest BCUT2D eigenvalue weighted by atomic mass is 9.92. The van der Waals surface area contributed by atoms with Gasteiger partial charge >= 0.3 is 0 Å². The molecule has 2 aliphatic rings. The largest absolute Gasteiger partial charge is 0.333 e. The van der Waals surface area contributed by atoms with E-state index in [9.17, 15) is 4.39 Å². The summed E-state index contributed by atoms with van der Waals surface area (Å²) in [6.45, 7) is 27.2. The first-order valence-corrected chi connectivity index (χ1v) is 14.3. The summed E-state index contributed by atoms with van der Waals surface area (Å²) >= 11 is 0. The molecular weight excluding hydrogens is 481 g/mol. The Labute approximate surface area is 241 Å². The Bertz CT molecular complexity index is 984. The van der Waals surface area contributed by atoms with Crippen molar-refractivity contribution in [2.45, 2.75) is 107 Å². The molecule has 1 atom stereocenters. The van der Waals surface area contributed by atoms with E-state index in [-0.39, 0.29) is 0 Å². The van der Waals surface area contributed by atoms with Gasteiger partial charge in [-0.3, -0.25) is 0 Å². The first kappa shape index (κ1) is 38.6. The van der Waals surface area contributed by atoms with E-state index in [0.29, 0.717) is 6.42 Å². The van der Waals surface area contributed by atoms with Gasteiger partial charge in [-0.2, -0.15) is 0 Å². The molecule has 0 spiro atoms. The molecule has 3 rings (SSSR count). The number of aldehydes is 1. The molecule has 220 valence electrons. The van der Waals surface area contributed by atoms with E-state index in [1.807, 2.05) is 32.9 Å². The van der Waals surface area contributed by atoms with Gasteiger partial charge in [0.25, 0.3) is 0 Å². The molecule has 0 aliphatic heterocycles. The van der Waals surface area contributed by atoms with Crippen molar-refractivity contribution in [2.75, 3.05) is 7.05 Å². The number of carbonyl (C=O) groups excluding carboxylic acids is 1. The fourth-order valence-electron chi connectivity index (χ4n) is 3.85. The summed E-state index contributed by atoms with van der Waals surface area (Å²) in [5.41, 5.74) is 14.9. The quantitative estimate of drug-likeness (QED) is 0.289. The van der Waals surface area contributed by atoms with Crippen LogP contribution in [0.3, 0.4) is 0 Å². The van der Waals surface area contributed by atoms with Crippen molar-refractivity contribution in [1.29, 1.82) is 0 Å². The molecule has 0 amide bonds. The van der Waals surface area contributed by atoms with Gasteiger partial charge < -0.3 is 10.5 Å². The van der Waals surface area contributed by atoms with E-state index in [1.165, 1.54) is 61.9 Å². The van der Waals surface area contributed by atoms with Gasteiger partial charge in [-0.15, -0.1) is 0 Å². The molecular formula is C36H58FNO. The van der Waals surface area contributed by atoms with Gasteiger partial charge in [-0.1, -0.05) is 80.2 Å².